The molecule has 5 nitrogen and oxygen atoms in total. The quantitative estimate of drug-likeness (QED) is 0.734. The first-order chi connectivity index (χ1) is 13.0. The monoisotopic (exact) mass is 404 g/mol. The third-order valence-corrected chi connectivity index (χ3v) is 5.46. The molecular weight excluding hydrogens is 384 g/mol. The Balaban J connectivity index is 1.54. The van der Waals surface area contributed by atoms with Crippen LogP contribution in [0, 0.1) is 0 Å². The molecule has 1 fully saturated rings. The van der Waals surface area contributed by atoms with Gasteiger partial charge in [0.2, 0.25) is 0 Å². The van der Waals surface area contributed by atoms with Crippen LogP contribution in [0.3, 0.4) is 0 Å². The maximum atomic E-state index is 12.1. The number of Topliss-reactive ketones (excluding diaryl/α,β-unsaturated/α-hetero) is 1. The van der Waals surface area contributed by atoms with Crippen molar-refractivity contribution in [3.63, 3.8) is 0 Å². The molecule has 1 amide bonds. The van der Waals surface area contributed by atoms with Crippen LogP contribution in [-0.4, -0.2) is 42.9 Å². The SMILES string of the molecule is CC(=O)c1ccc(OCC(=O)Nc2ccc(N3CCSCC3)c(Cl)c2)cc1. The van der Waals surface area contributed by atoms with Crippen LogP contribution >= 0.6 is 23.4 Å². The Morgan fingerprint density at radius 3 is 2.48 bits per heavy atom. The average molecular weight is 405 g/mol. The lowest BCUT2D eigenvalue weighted by atomic mass is 10.1. The summed E-state index contributed by atoms with van der Waals surface area (Å²) in [4.78, 5) is 25.6. The van der Waals surface area contributed by atoms with E-state index in [0.717, 1.165) is 30.3 Å². The summed E-state index contributed by atoms with van der Waals surface area (Å²) in [6, 6.07) is 12.2. The Bertz CT molecular complexity index is 820. The highest BCUT2D eigenvalue weighted by atomic mass is 35.5. The predicted octanol–water partition coefficient (Wildman–Crippen LogP) is 4.11. The molecule has 1 heterocycles. The zero-order valence-corrected chi connectivity index (χ0v) is 16.6. The van der Waals surface area contributed by atoms with E-state index in [-0.39, 0.29) is 18.3 Å². The van der Waals surface area contributed by atoms with Crippen molar-refractivity contribution in [1.29, 1.82) is 0 Å². The molecule has 0 saturated carbocycles. The first-order valence-electron chi connectivity index (χ1n) is 8.69. The molecule has 0 atom stereocenters. The molecule has 2 aromatic carbocycles. The van der Waals surface area contributed by atoms with Crippen LogP contribution in [0.2, 0.25) is 5.02 Å². The second kappa shape index (κ2) is 9.15. The molecule has 1 saturated heterocycles. The second-order valence-electron chi connectivity index (χ2n) is 6.18. The molecule has 0 spiro atoms. The van der Waals surface area contributed by atoms with E-state index in [1.165, 1.54) is 6.92 Å². The Hall–Kier alpha value is -2.18. The summed E-state index contributed by atoms with van der Waals surface area (Å²) in [6.45, 7) is 3.34. The van der Waals surface area contributed by atoms with Crippen molar-refractivity contribution < 1.29 is 14.3 Å². The summed E-state index contributed by atoms with van der Waals surface area (Å²) >= 11 is 8.35. The molecule has 0 bridgehead atoms. The minimum absolute atomic E-state index is 0.0112. The number of nitrogens with zero attached hydrogens (tertiary/aromatic N) is 1. The van der Waals surface area contributed by atoms with Gasteiger partial charge in [0.05, 0.1) is 10.7 Å². The average Bonchev–Trinajstić information content (AvgIpc) is 2.67. The van der Waals surface area contributed by atoms with Gasteiger partial charge in [-0.1, -0.05) is 11.6 Å². The van der Waals surface area contributed by atoms with Gasteiger partial charge in [-0.15, -0.1) is 0 Å². The second-order valence-corrected chi connectivity index (χ2v) is 7.81. The van der Waals surface area contributed by atoms with Crippen molar-refractivity contribution >= 4 is 46.4 Å². The number of nitrogens with one attached hydrogen (secondary N) is 1. The molecule has 0 aliphatic carbocycles. The number of thioether (sulfide) groups is 1. The highest BCUT2D eigenvalue weighted by molar-refractivity contribution is 7.99. The Morgan fingerprint density at radius 2 is 1.85 bits per heavy atom. The van der Waals surface area contributed by atoms with Crippen molar-refractivity contribution in [3.8, 4) is 5.75 Å². The fourth-order valence-corrected chi connectivity index (χ4v) is 3.98. The summed E-state index contributed by atoms with van der Waals surface area (Å²) in [5.74, 6) is 2.44. The molecule has 7 heteroatoms. The first kappa shape index (κ1) is 19.6. The van der Waals surface area contributed by atoms with Crippen LogP contribution in [0.25, 0.3) is 0 Å². The summed E-state index contributed by atoms with van der Waals surface area (Å²) in [5, 5.41) is 3.41. The van der Waals surface area contributed by atoms with Gasteiger partial charge >= 0.3 is 0 Å². The van der Waals surface area contributed by atoms with Crippen LogP contribution in [0.15, 0.2) is 42.5 Å². The van der Waals surface area contributed by atoms with E-state index in [0.29, 0.717) is 22.0 Å². The van der Waals surface area contributed by atoms with Crippen LogP contribution in [0.4, 0.5) is 11.4 Å². The van der Waals surface area contributed by atoms with Crippen LogP contribution < -0.4 is 15.0 Å². The maximum absolute atomic E-state index is 12.1. The number of carbonyl (C=O) groups excluding carboxylic acids is 2. The topological polar surface area (TPSA) is 58.6 Å². The molecular formula is C20H21ClN2O3S. The number of carbonyl (C=O) groups is 2. The van der Waals surface area contributed by atoms with Crippen molar-refractivity contribution in [2.24, 2.45) is 0 Å². The van der Waals surface area contributed by atoms with Gasteiger partial charge in [0.25, 0.3) is 5.91 Å². The fourth-order valence-electron chi connectivity index (χ4n) is 2.78. The van der Waals surface area contributed by atoms with Crippen molar-refractivity contribution in [1.82, 2.24) is 0 Å². The molecule has 27 heavy (non-hydrogen) atoms. The molecule has 0 unspecified atom stereocenters. The largest absolute Gasteiger partial charge is 0.484 e. The zero-order valence-electron chi connectivity index (χ0n) is 15.0. The Labute approximate surface area is 168 Å². The van der Waals surface area contributed by atoms with E-state index in [9.17, 15) is 9.59 Å². The number of ether oxygens (including phenoxy) is 1. The van der Waals surface area contributed by atoms with Gasteiger partial charge in [0.15, 0.2) is 12.4 Å². The Kier molecular flexibility index (Phi) is 6.63. The smallest absolute Gasteiger partial charge is 0.262 e. The normalized spacial score (nSPS) is 13.9. The van der Waals surface area contributed by atoms with Gasteiger partial charge in [-0.25, -0.2) is 0 Å². The first-order valence-corrected chi connectivity index (χ1v) is 10.2. The maximum Gasteiger partial charge on any atom is 0.262 e. The van der Waals surface area contributed by atoms with E-state index in [4.69, 9.17) is 16.3 Å². The van der Waals surface area contributed by atoms with Crippen molar-refractivity contribution in [3.05, 3.63) is 53.1 Å². The van der Waals surface area contributed by atoms with Gasteiger partial charge < -0.3 is 15.0 Å². The highest BCUT2D eigenvalue weighted by Gasteiger charge is 2.15. The zero-order chi connectivity index (χ0) is 19.2. The van der Waals surface area contributed by atoms with Gasteiger partial charge in [0.1, 0.15) is 5.75 Å². The third kappa shape index (κ3) is 5.40. The van der Waals surface area contributed by atoms with E-state index in [2.05, 4.69) is 10.2 Å². The van der Waals surface area contributed by atoms with Crippen LogP contribution in [0.5, 0.6) is 5.75 Å². The van der Waals surface area contributed by atoms with E-state index >= 15 is 0 Å². The Morgan fingerprint density at radius 1 is 1.15 bits per heavy atom. The van der Waals surface area contributed by atoms with Crippen LogP contribution in [-0.2, 0) is 4.79 Å². The molecule has 3 rings (SSSR count). The van der Waals surface area contributed by atoms with Crippen molar-refractivity contribution in [2.75, 3.05) is 41.4 Å². The molecule has 0 aromatic heterocycles. The molecule has 1 N–H and O–H groups in total. The minimum atomic E-state index is -0.274. The lowest BCUT2D eigenvalue weighted by Crippen LogP contribution is -2.32. The number of anilines is 2. The number of hydrogen-bond acceptors (Lipinski definition) is 5. The summed E-state index contributed by atoms with van der Waals surface area (Å²) in [7, 11) is 0. The third-order valence-electron chi connectivity index (χ3n) is 4.21. The van der Waals surface area contributed by atoms with Gasteiger partial charge in [0, 0.05) is 35.8 Å². The minimum Gasteiger partial charge on any atom is -0.484 e. The molecule has 1 aliphatic rings. The van der Waals surface area contributed by atoms with Gasteiger partial charge in [-0.3, -0.25) is 9.59 Å². The molecule has 1 aliphatic heterocycles. The van der Waals surface area contributed by atoms with Gasteiger partial charge in [-0.2, -0.15) is 11.8 Å². The van der Waals surface area contributed by atoms with E-state index in [1.807, 2.05) is 23.9 Å². The lowest BCUT2D eigenvalue weighted by Gasteiger charge is -2.29. The highest BCUT2D eigenvalue weighted by Crippen LogP contribution is 2.30. The number of ketones is 1. The van der Waals surface area contributed by atoms with E-state index in [1.54, 1.807) is 30.3 Å². The number of rotatable bonds is 6. The number of benzene rings is 2. The standard InChI is InChI=1S/C20H21ClN2O3S/c1-14(24)15-2-5-17(6-3-15)26-13-20(25)22-16-4-7-19(18(21)12-16)23-8-10-27-11-9-23/h2-7,12H,8-11,13H2,1H3,(H,22,25). The lowest BCUT2D eigenvalue weighted by molar-refractivity contribution is -0.118. The molecule has 2 aromatic rings. The molecule has 142 valence electrons. The number of halogens is 1. The predicted molar refractivity (Wildman–Crippen MR) is 112 cm³/mol. The van der Waals surface area contributed by atoms with E-state index < -0.39 is 0 Å². The van der Waals surface area contributed by atoms with Crippen LogP contribution in [0.1, 0.15) is 17.3 Å². The number of amides is 1. The fraction of sp³-hybridized carbons (Fsp3) is 0.300. The summed E-state index contributed by atoms with van der Waals surface area (Å²) in [6.07, 6.45) is 0. The summed E-state index contributed by atoms with van der Waals surface area (Å²) < 4.78 is 5.46. The van der Waals surface area contributed by atoms with Crippen molar-refractivity contribution in [2.45, 2.75) is 6.92 Å². The van der Waals surface area contributed by atoms with Gasteiger partial charge in [-0.05, 0) is 49.4 Å². The number of hydrogen-bond donors (Lipinski definition) is 1. The summed E-state index contributed by atoms with van der Waals surface area (Å²) in [5.41, 5.74) is 2.24. The molecule has 0 radical (unpaired) electrons.